The lowest BCUT2D eigenvalue weighted by Gasteiger charge is -2.18. The van der Waals surface area contributed by atoms with Crippen molar-refractivity contribution in [2.45, 2.75) is 26.9 Å². The molecule has 9 nitrogen and oxygen atoms in total. The number of ether oxygens (including phenoxy) is 4. The molecule has 0 aliphatic heterocycles. The molecular weight excluding hydrogens is 558 g/mol. The molecule has 0 bridgehead atoms. The molecule has 0 aliphatic rings. The van der Waals surface area contributed by atoms with Gasteiger partial charge in [0.15, 0.2) is 34.5 Å². The molecule has 220 valence electrons. The number of carbonyl (C=O) groups is 1. The van der Waals surface area contributed by atoms with Crippen molar-refractivity contribution in [2.75, 3.05) is 19.5 Å². The molecule has 0 saturated heterocycles. The molecule has 0 spiro atoms. The van der Waals surface area contributed by atoms with Gasteiger partial charge >= 0.3 is 0 Å². The minimum atomic E-state index is -0.719. The highest BCUT2D eigenvalue weighted by Gasteiger charge is 2.24. The lowest BCUT2D eigenvalue weighted by molar-refractivity contribution is 0.101. The second-order valence-electron chi connectivity index (χ2n) is 9.75. The number of aryl methyl sites for hydroxylation is 1. The number of aromatic nitrogens is 3. The Kier molecular flexibility index (Phi) is 8.33. The molecule has 0 saturated carbocycles. The molecule has 0 fully saturated rings. The largest absolute Gasteiger partial charge is 0.493 e. The highest BCUT2D eigenvalue weighted by molar-refractivity contribution is 6.06. The van der Waals surface area contributed by atoms with E-state index in [1.807, 2.05) is 0 Å². The summed E-state index contributed by atoms with van der Waals surface area (Å²) in [6.07, 6.45) is 1.23. The first-order valence-corrected chi connectivity index (χ1v) is 13.3. The zero-order chi connectivity index (χ0) is 30.7. The maximum atomic E-state index is 15.3. The predicted molar refractivity (Wildman–Crippen MR) is 157 cm³/mol. The van der Waals surface area contributed by atoms with Crippen LogP contribution in [0.15, 0.2) is 66.9 Å². The minimum Gasteiger partial charge on any atom is -0.493 e. The van der Waals surface area contributed by atoms with E-state index in [-0.39, 0.29) is 29.0 Å². The summed E-state index contributed by atoms with van der Waals surface area (Å²) in [6, 6.07) is 14.8. The van der Waals surface area contributed by atoms with Crippen LogP contribution in [0.4, 0.5) is 14.5 Å². The van der Waals surface area contributed by atoms with Gasteiger partial charge in [0.05, 0.1) is 31.5 Å². The monoisotopic (exact) mass is 586 g/mol. The van der Waals surface area contributed by atoms with E-state index in [9.17, 15) is 9.18 Å². The van der Waals surface area contributed by atoms with Gasteiger partial charge in [-0.1, -0.05) is 12.1 Å². The van der Waals surface area contributed by atoms with Crippen molar-refractivity contribution in [2.24, 2.45) is 0 Å². The van der Waals surface area contributed by atoms with Crippen LogP contribution in [0.25, 0.3) is 22.0 Å². The second-order valence-corrected chi connectivity index (χ2v) is 9.75. The Balaban J connectivity index is 1.43. The van der Waals surface area contributed by atoms with E-state index in [1.54, 1.807) is 51.1 Å². The number of hydrogen-bond acceptors (Lipinski definition) is 8. The SMILES string of the molecule is COc1cc2nccc(Oc3ccc(NC(=O)c4nnc(C)c(-c5ccc(F)cc5)c4OC(C)C)cc3F)c2cc1OC. The first kappa shape index (κ1) is 29.2. The van der Waals surface area contributed by atoms with Crippen LogP contribution in [-0.4, -0.2) is 41.4 Å². The first-order valence-electron chi connectivity index (χ1n) is 13.3. The fourth-order valence-corrected chi connectivity index (χ4v) is 4.47. The van der Waals surface area contributed by atoms with E-state index in [0.29, 0.717) is 45.0 Å². The summed E-state index contributed by atoms with van der Waals surface area (Å²) in [5.74, 6) is -0.365. The van der Waals surface area contributed by atoms with Gasteiger partial charge < -0.3 is 24.3 Å². The highest BCUT2D eigenvalue weighted by atomic mass is 19.1. The van der Waals surface area contributed by atoms with Crippen LogP contribution in [-0.2, 0) is 0 Å². The van der Waals surface area contributed by atoms with E-state index < -0.39 is 17.5 Å². The standard InChI is InChI=1S/C32H28F2N4O5/c1-17(2)42-31-29(19-6-8-20(33)9-7-19)18(3)37-38-30(31)32(39)36-21-10-11-26(23(34)14-21)43-25-12-13-35-24-16-28(41-5)27(40-4)15-22(24)25/h6-17H,1-5H3,(H,36,39). The predicted octanol–water partition coefficient (Wildman–Crippen LogP) is 7.13. The van der Waals surface area contributed by atoms with Gasteiger partial charge in [-0.3, -0.25) is 9.78 Å². The van der Waals surface area contributed by atoms with Crippen molar-refractivity contribution in [3.8, 4) is 39.9 Å². The maximum Gasteiger partial charge on any atom is 0.280 e. The highest BCUT2D eigenvalue weighted by Crippen LogP contribution is 2.38. The van der Waals surface area contributed by atoms with Gasteiger partial charge in [-0.2, -0.15) is 5.10 Å². The number of nitrogens with one attached hydrogen (secondary N) is 1. The lowest BCUT2D eigenvalue weighted by Crippen LogP contribution is -2.19. The number of benzene rings is 3. The van der Waals surface area contributed by atoms with Crippen LogP contribution >= 0.6 is 0 Å². The summed E-state index contributed by atoms with van der Waals surface area (Å²) < 4.78 is 51.5. The zero-order valence-electron chi connectivity index (χ0n) is 24.1. The maximum absolute atomic E-state index is 15.3. The minimum absolute atomic E-state index is 0.0714. The average molecular weight is 587 g/mol. The van der Waals surface area contributed by atoms with Gasteiger partial charge in [0.1, 0.15) is 11.6 Å². The van der Waals surface area contributed by atoms with E-state index in [0.717, 1.165) is 6.07 Å². The van der Waals surface area contributed by atoms with Crippen LogP contribution in [0, 0.1) is 18.6 Å². The second kappa shape index (κ2) is 12.3. The quantitative estimate of drug-likeness (QED) is 0.195. The van der Waals surface area contributed by atoms with Gasteiger partial charge in [0.25, 0.3) is 5.91 Å². The van der Waals surface area contributed by atoms with Gasteiger partial charge in [-0.05, 0) is 62.7 Å². The Morgan fingerprint density at radius 1 is 0.860 bits per heavy atom. The molecule has 0 aliphatic carbocycles. The summed E-state index contributed by atoms with van der Waals surface area (Å²) in [7, 11) is 3.03. The molecule has 2 heterocycles. The summed E-state index contributed by atoms with van der Waals surface area (Å²) in [4.78, 5) is 17.7. The number of pyridine rings is 1. The van der Waals surface area contributed by atoms with E-state index in [2.05, 4.69) is 20.5 Å². The van der Waals surface area contributed by atoms with Crippen molar-refractivity contribution in [3.63, 3.8) is 0 Å². The number of anilines is 1. The third-order valence-corrected chi connectivity index (χ3v) is 6.42. The van der Waals surface area contributed by atoms with Crippen LogP contribution in [0.5, 0.6) is 28.7 Å². The number of nitrogens with zero attached hydrogens (tertiary/aromatic N) is 3. The normalized spacial score (nSPS) is 11.0. The molecule has 1 N–H and O–H groups in total. The van der Waals surface area contributed by atoms with E-state index in [4.69, 9.17) is 18.9 Å². The molecule has 0 unspecified atom stereocenters. The van der Waals surface area contributed by atoms with Gasteiger partial charge in [0, 0.05) is 35.0 Å². The van der Waals surface area contributed by atoms with Crippen molar-refractivity contribution < 1.29 is 32.5 Å². The van der Waals surface area contributed by atoms with Crippen molar-refractivity contribution >= 4 is 22.5 Å². The number of halogens is 2. The van der Waals surface area contributed by atoms with Gasteiger partial charge in [-0.15, -0.1) is 5.10 Å². The summed E-state index contributed by atoms with van der Waals surface area (Å²) in [5, 5.41) is 11.5. The third kappa shape index (κ3) is 6.15. The molecule has 11 heteroatoms. The number of carbonyl (C=O) groups excluding carboxylic acids is 1. The molecule has 43 heavy (non-hydrogen) atoms. The Hall–Kier alpha value is -5.32. The van der Waals surface area contributed by atoms with Gasteiger partial charge in [0.2, 0.25) is 0 Å². The smallest absolute Gasteiger partial charge is 0.280 e. The topological polar surface area (TPSA) is 105 Å². The van der Waals surface area contributed by atoms with Crippen molar-refractivity contribution in [1.29, 1.82) is 0 Å². The third-order valence-electron chi connectivity index (χ3n) is 6.42. The van der Waals surface area contributed by atoms with Crippen LogP contribution in [0.2, 0.25) is 0 Å². The van der Waals surface area contributed by atoms with E-state index in [1.165, 1.54) is 44.7 Å². The number of methoxy groups -OCH3 is 2. The van der Waals surface area contributed by atoms with Crippen LogP contribution in [0.1, 0.15) is 30.0 Å². The number of fused-ring (bicyclic) bond motifs is 1. The first-order chi connectivity index (χ1) is 20.7. The Morgan fingerprint density at radius 3 is 2.26 bits per heavy atom. The fraction of sp³-hybridized carbons (Fsp3) is 0.188. The molecule has 3 aromatic carbocycles. The molecule has 5 aromatic rings. The Morgan fingerprint density at radius 2 is 1.58 bits per heavy atom. The zero-order valence-corrected chi connectivity index (χ0v) is 24.1. The van der Waals surface area contributed by atoms with Crippen molar-refractivity contribution in [3.05, 3.63) is 89.9 Å². The number of rotatable bonds is 9. The molecular formula is C32H28F2N4O5. The Bertz CT molecular complexity index is 1810. The molecule has 2 aromatic heterocycles. The fourth-order valence-electron chi connectivity index (χ4n) is 4.47. The number of hydrogen-bond donors (Lipinski definition) is 1. The summed E-state index contributed by atoms with van der Waals surface area (Å²) >= 11 is 0. The molecule has 0 atom stereocenters. The molecule has 5 rings (SSSR count). The van der Waals surface area contributed by atoms with Gasteiger partial charge in [-0.25, -0.2) is 8.78 Å². The molecule has 0 radical (unpaired) electrons. The lowest BCUT2D eigenvalue weighted by atomic mass is 10.0. The molecule has 1 amide bonds. The number of amides is 1. The Labute approximate surface area is 246 Å². The van der Waals surface area contributed by atoms with Crippen LogP contribution in [0.3, 0.4) is 0 Å². The summed E-state index contributed by atoms with van der Waals surface area (Å²) in [5.41, 5.74) is 2.21. The summed E-state index contributed by atoms with van der Waals surface area (Å²) in [6.45, 7) is 5.32. The van der Waals surface area contributed by atoms with Crippen molar-refractivity contribution in [1.82, 2.24) is 15.2 Å². The average Bonchev–Trinajstić information content (AvgIpc) is 2.98. The van der Waals surface area contributed by atoms with Crippen LogP contribution < -0.4 is 24.3 Å². The van der Waals surface area contributed by atoms with E-state index >= 15 is 4.39 Å².